The molecule has 0 aromatic rings. The monoisotopic (exact) mass is 214 g/mol. The fraction of sp³-hybridized carbons (Fsp3) is 0.750. The molecular weight excluding hydrogens is 192 g/mol. The van der Waals surface area contributed by atoms with Crippen molar-refractivity contribution in [3.05, 3.63) is 12.2 Å². The number of aliphatic hydroxyl groups is 1. The van der Waals surface area contributed by atoms with Crippen LogP contribution in [0, 0.1) is 11.3 Å². The fourth-order valence-corrected chi connectivity index (χ4v) is 0.890. The SMILES string of the molecule is C[C@H](/C=C/C[C@](C)(O)C(C)(C)C)C(=O)O. The van der Waals surface area contributed by atoms with E-state index >= 15 is 0 Å². The molecule has 0 aliphatic heterocycles. The molecule has 3 heteroatoms. The summed E-state index contributed by atoms with van der Waals surface area (Å²) in [5, 5.41) is 18.8. The molecule has 0 rings (SSSR count). The minimum atomic E-state index is -0.846. The van der Waals surface area contributed by atoms with Gasteiger partial charge in [-0.25, -0.2) is 0 Å². The van der Waals surface area contributed by atoms with Gasteiger partial charge in [0.1, 0.15) is 0 Å². The van der Waals surface area contributed by atoms with Crippen molar-refractivity contribution >= 4 is 5.97 Å². The molecule has 0 bridgehead atoms. The molecule has 15 heavy (non-hydrogen) atoms. The standard InChI is InChI=1S/C12H22O3/c1-9(10(13)14)7-6-8-12(5,15)11(2,3)4/h6-7,9,15H,8H2,1-5H3,(H,13,14)/b7-6+/t9-,12+/m1/s1. The number of carboxylic acids is 1. The van der Waals surface area contributed by atoms with E-state index in [0.717, 1.165) is 0 Å². The molecule has 3 nitrogen and oxygen atoms in total. The first-order chi connectivity index (χ1) is 6.58. The van der Waals surface area contributed by atoms with Crippen LogP contribution < -0.4 is 0 Å². The maximum absolute atomic E-state index is 10.5. The van der Waals surface area contributed by atoms with Gasteiger partial charge in [0.25, 0.3) is 0 Å². The highest BCUT2D eigenvalue weighted by Gasteiger charge is 2.33. The highest BCUT2D eigenvalue weighted by Crippen LogP contribution is 2.32. The van der Waals surface area contributed by atoms with Gasteiger partial charge in [0.2, 0.25) is 0 Å². The van der Waals surface area contributed by atoms with Gasteiger partial charge in [-0.05, 0) is 25.7 Å². The summed E-state index contributed by atoms with van der Waals surface area (Å²) in [5.74, 6) is -1.34. The summed E-state index contributed by atoms with van der Waals surface area (Å²) >= 11 is 0. The number of hydrogen-bond acceptors (Lipinski definition) is 2. The van der Waals surface area contributed by atoms with Crippen LogP contribution in [0.5, 0.6) is 0 Å². The molecule has 0 aliphatic carbocycles. The van der Waals surface area contributed by atoms with E-state index in [2.05, 4.69) is 0 Å². The largest absolute Gasteiger partial charge is 0.481 e. The van der Waals surface area contributed by atoms with E-state index in [1.54, 1.807) is 26.0 Å². The Morgan fingerprint density at radius 3 is 2.13 bits per heavy atom. The molecule has 0 saturated carbocycles. The van der Waals surface area contributed by atoms with Crippen LogP contribution in [-0.2, 0) is 4.79 Å². The first-order valence-corrected chi connectivity index (χ1v) is 5.20. The van der Waals surface area contributed by atoms with Crippen molar-refractivity contribution in [3.63, 3.8) is 0 Å². The zero-order valence-corrected chi connectivity index (χ0v) is 10.2. The average molecular weight is 214 g/mol. The summed E-state index contributed by atoms with van der Waals surface area (Å²) in [4.78, 5) is 10.5. The van der Waals surface area contributed by atoms with E-state index < -0.39 is 17.5 Å². The molecule has 0 aromatic heterocycles. The van der Waals surface area contributed by atoms with Gasteiger partial charge < -0.3 is 10.2 Å². The zero-order valence-electron chi connectivity index (χ0n) is 10.2. The number of aliphatic carboxylic acids is 1. The Balaban J connectivity index is 4.33. The Morgan fingerprint density at radius 2 is 1.80 bits per heavy atom. The Kier molecular flexibility index (Phi) is 4.53. The van der Waals surface area contributed by atoms with Gasteiger partial charge in [0.05, 0.1) is 11.5 Å². The van der Waals surface area contributed by atoms with E-state index in [9.17, 15) is 9.90 Å². The highest BCUT2D eigenvalue weighted by atomic mass is 16.4. The minimum Gasteiger partial charge on any atom is -0.481 e. The second-order valence-corrected chi connectivity index (χ2v) is 5.28. The molecule has 0 aromatic carbocycles. The third-order valence-electron chi connectivity index (χ3n) is 2.95. The quantitative estimate of drug-likeness (QED) is 0.707. The maximum Gasteiger partial charge on any atom is 0.310 e. The Hall–Kier alpha value is -0.830. The van der Waals surface area contributed by atoms with Crippen LogP contribution in [0.25, 0.3) is 0 Å². The second kappa shape index (κ2) is 4.79. The predicted octanol–water partition coefficient (Wildman–Crippen LogP) is 2.45. The number of hydrogen-bond donors (Lipinski definition) is 2. The molecule has 2 atom stereocenters. The summed E-state index contributed by atoms with van der Waals surface area (Å²) < 4.78 is 0. The molecule has 0 fully saturated rings. The van der Waals surface area contributed by atoms with Crippen LogP contribution in [0.3, 0.4) is 0 Å². The number of carboxylic acid groups (broad SMARTS) is 1. The lowest BCUT2D eigenvalue weighted by molar-refractivity contribution is -0.139. The van der Waals surface area contributed by atoms with Crippen LogP contribution >= 0.6 is 0 Å². The first-order valence-electron chi connectivity index (χ1n) is 5.20. The predicted molar refractivity (Wildman–Crippen MR) is 60.6 cm³/mol. The van der Waals surface area contributed by atoms with E-state index in [1.165, 1.54) is 0 Å². The zero-order chi connectivity index (χ0) is 12.3. The molecule has 0 amide bonds. The summed E-state index contributed by atoms with van der Waals surface area (Å²) in [6, 6.07) is 0. The van der Waals surface area contributed by atoms with Crippen molar-refractivity contribution in [1.29, 1.82) is 0 Å². The average Bonchev–Trinajstić information content (AvgIpc) is 2.01. The third kappa shape index (κ3) is 4.47. The summed E-state index contributed by atoms with van der Waals surface area (Å²) in [5.41, 5.74) is -1.04. The third-order valence-corrected chi connectivity index (χ3v) is 2.95. The lowest BCUT2D eigenvalue weighted by Crippen LogP contribution is -2.39. The topological polar surface area (TPSA) is 57.5 Å². The van der Waals surface area contributed by atoms with Crippen molar-refractivity contribution in [2.24, 2.45) is 11.3 Å². The van der Waals surface area contributed by atoms with Crippen LogP contribution in [0.2, 0.25) is 0 Å². The van der Waals surface area contributed by atoms with Crippen LogP contribution in [0.15, 0.2) is 12.2 Å². The fourth-order valence-electron chi connectivity index (χ4n) is 0.890. The smallest absolute Gasteiger partial charge is 0.310 e. The van der Waals surface area contributed by atoms with Crippen molar-refractivity contribution in [2.45, 2.75) is 46.6 Å². The molecule has 88 valence electrons. The Labute approximate surface area is 91.8 Å². The van der Waals surface area contributed by atoms with Gasteiger partial charge in [-0.3, -0.25) is 4.79 Å². The van der Waals surface area contributed by atoms with Crippen molar-refractivity contribution in [2.75, 3.05) is 0 Å². The summed E-state index contributed by atoms with van der Waals surface area (Å²) in [6.07, 6.45) is 3.82. The first kappa shape index (κ1) is 14.2. The van der Waals surface area contributed by atoms with E-state index in [-0.39, 0.29) is 5.41 Å². The van der Waals surface area contributed by atoms with Gasteiger partial charge in [-0.15, -0.1) is 0 Å². The van der Waals surface area contributed by atoms with Gasteiger partial charge in [0.15, 0.2) is 0 Å². The molecule has 0 heterocycles. The normalized spacial score (nSPS) is 18.8. The molecule has 0 radical (unpaired) electrons. The lowest BCUT2D eigenvalue weighted by Gasteiger charge is -2.36. The Bertz CT molecular complexity index is 246. The number of rotatable bonds is 4. The van der Waals surface area contributed by atoms with Gasteiger partial charge in [-0.1, -0.05) is 32.9 Å². The van der Waals surface area contributed by atoms with E-state index in [1.807, 2.05) is 20.8 Å². The van der Waals surface area contributed by atoms with Crippen LogP contribution in [0.4, 0.5) is 0 Å². The van der Waals surface area contributed by atoms with E-state index in [4.69, 9.17) is 5.11 Å². The van der Waals surface area contributed by atoms with Gasteiger partial charge >= 0.3 is 5.97 Å². The van der Waals surface area contributed by atoms with Crippen LogP contribution in [0.1, 0.15) is 41.0 Å². The number of carbonyl (C=O) groups is 1. The van der Waals surface area contributed by atoms with Crippen molar-refractivity contribution < 1.29 is 15.0 Å². The molecule has 0 spiro atoms. The van der Waals surface area contributed by atoms with Gasteiger partial charge in [-0.2, -0.15) is 0 Å². The second-order valence-electron chi connectivity index (χ2n) is 5.28. The Morgan fingerprint density at radius 1 is 1.33 bits per heavy atom. The van der Waals surface area contributed by atoms with Gasteiger partial charge in [0, 0.05) is 0 Å². The molecule has 2 N–H and O–H groups in total. The van der Waals surface area contributed by atoms with E-state index in [0.29, 0.717) is 6.42 Å². The van der Waals surface area contributed by atoms with Crippen LogP contribution in [-0.4, -0.2) is 21.8 Å². The lowest BCUT2D eigenvalue weighted by atomic mass is 9.76. The summed E-state index contributed by atoms with van der Waals surface area (Å²) in [7, 11) is 0. The highest BCUT2D eigenvalue weighted by molar-refractivity contribution is 5.71. The molecule has 0 unspecified atom stereocenters. The molecule has 0 saturated heterocycles. The minimum absolute atomic E-state index is 0.218. The maximum atomic E-state index is 10.5. The van der Waals surface area contributed by atoms with Crippen molar-refractivity contribution in [1.82, 2.24) is 0 Å². The molecule has 0 aliphatic rings. The summed E-state index contributed by atoms with van der Waals surface area (Å²) in [6.45, 7) is 9.26. The molecular formula is C12H22O3. The van der Waals surface area contributed by atoms with Crippen molar-refractivity contribution in [3.8, 4) is 0 Å².